The summed E-state index contributed by atoms with van der Waals surface area (Å²) in [6.45, 7) is 11.6. The molecule has 0 radical (unpaired) electrons. The predicted octanol–water partition coefficient (Wildman–Crippen LogP) is 3.84. The molecule has 0 amide bonds. The van der Waals surface area contributed by atoms with E-state index in [0.29, 0.717) is 5.92 Å². The molecule has 138 valence electrons. The quantitative estimate of drug-likeness (QED) is 0.759. The minimum absolute atomic E-state index is 0.438. The van der Waals surface area contributed by atoms with Crippen molar-refractivity contribution < 1.29 is 4.74 Å². The van der Waals surface area contributed by atoms with Gasteiger partial charge < -0.3 is 9.72 Å². The van der Waals surface area contributed by atoms with Crippen molar-refractivity contribution in [3.8, 4) is 5.75 Å². The number of methoxy groups -OCH3 is 1. The lowest BCUT2D eigenvalue weighted by Gasteiger charge is -2.13. The highest BCUT2D eigenvalue weighted by molar-refractivity contribution is 6.22. The zero-order valence-electron chi connectivity index (χ0n) is 16.5. The molecule has 1 aliphatic heterocycles. The fourth-order valence-electron chi connectivity index (χ4n) is 3.89. The second-order valence-corrected chi connectivity index (χ2v) is 7.61. The van der Waals surface area contributed by atoms with Gasteiger partial charge in [-0.2, -0.15) is 0 Å². The van der Waals surface area contributed by atoms with Crippen LogP contribution in [0.2, 0.25) is 0 Å². The van der Waals surface area contributed by atoms with Crippen LogP contribution >= 0.6 is 0 Å². The van der Waals surface area contributed by atoms with Gasteiger partial charge in [-0.1, -0.05) is 32.6 Å². The van der Waals surface area contributed by atoms with E-state index in [9.17, 15) is 0 Å². The third kappa shape index (κ3) is 3.08. The number of nitrogens with one attached hydrogen (secondary N) is 1. The Balaban J connectivity index is 1.91. The summed E-state index contributed by atoms with van der Waals surface area (Å²) < 4.78 is 5.38. The second-order valence-electron chi connectivity index (χ2n) is 7.61. The van der Waals surface area contributed by atoms with Crippen LogP contribution in [0.1, 0.15) is 42.1 Å². The van der Waals surface area contributed by atoms with E-state index in [4.69, 9.17) is 9.73 Å². The Bertz CT molecular complexity index is 1170. The molecule has 0 fully saturated rings. The molecule has 0 unspecified atom stereocenters. The number of aromatic nitrogens is 1. The molecule has 0 spiro atoms. The molecule has 27 heavy (non-hydrogen) atoms. The average Bonchev–Trinajstić information content (AvgIpc) is 3.03. The second kappa shape index (κ2) is 6.73. The van der Waals surface area contributed by atoms with Crippen LogP contribution in [0.5, 0.6) is 5.75 Å². The lowest BCUT2D eigenvalue weighted by atomic mass is 9.95. The summed E-state index contributed by atoms with van der Waals surface area (Å²) in [6.07, 6.45) is 3.19. The number of hydrogen-bond acceptors (Lipinski definition) is 2. The average molecular weight is 358 g/mol. The van der Waals surface area contributed by atoms with Crippen LogP contribution in [0, 0.1) is 6.92 Å². The molecular weight excluding hydrogens is 332 g/mol. The van der Waals surface area contributed by atoms with Crippen molar-refractivity contribution in [1.29, 1.82) is 0 Å². The smallest absolute Gasteiger partial charge is 0.120 e. The lowest BCUT2D eigenvalue weighted by Crippen LogP contribution is -2.21. The molecule has 2 aromatic carbocycles. The van der Waals surface area contributed by atoms with Crippen LogP contribution in [0.4, 0.5) is 0 Å². The van der Waals surface area contributed by atoms with Crippen molar-refractivity contribution in [3.63, 3.8) is 0 Å². The lowest BCUT2D eigenvalue weighted by molar-refractivity contribution is 0.415. The first-order valence-corrected chi connectivity index (χ1v) is 9.52. The molecule has 0 saturated carbocycles. The van der Waals surface area contributed by atoms with Gasteiger partial charge in [-0.25, -0.2) is 0 Å². The third-order valence-electron chi connectivity index (χ3n) is 5.47. The summed E-state index contributed by atoms with van der Waals surface area (Å²) in [6, 6.07) is 10.7. The Hall–Kier alpha value is -2.81. The molecule has 0 saturated heterocycles. The number of aryl methyl sites for hydroxylation is 1. The van der Waals surface area contributed by atoms with Gasteiger partial charge in [0.05, 0.1) is 18.5 Å². The number of hydrogen-bond donors (Lipinski definition) is 1. The van der Waals surface area contributed by atoms with Gasteiger partial charge in [-0.15, -0.1) is 0 Å². The van der Waals surface area contributed by atoms with Crippen LogP contribution < -0.4 is 15.2 Å². The van der Waals surface area contributed by atoms with Crippen LogP contribution in [0.25, 0.3) is 23.6 Å². The largest absolute Gasteiger partial charge is 0.497 e. The molecule has 3 heteroatoms. The summed E-state index contributed by atoms with van der Waals surface area (Å²) in [5, 5.41) is 3.59. The topological polar surface area (TPSA) is 37.4 Å². The minimum atomic E-state index is 0.438. The Morgan fingerprint density at radius 2 is 2.04 bits per heavy atom. The first kappa shape index (κ1) is 17.6. The molecule has 1 N–H and O–H groups in total. The van der Waals surface area contributed by atoms with Crippen molar-refractivity contribution in [1.82, 2.24) is 4.98 Å². The van der Waals surface area contributed by atoms with E-state index < -0.39 is 0 Å². The zero-order valence-corrected chi connectivity index (χ0v) is 16.5. The number of fused-ring (bicyclic) bond motifs is 3. The SMILES string of the molecule is C=c1cc(C(C)C)/c(=C\C2=NCCc3c2[nH]c2cc(OC)ccc32)cc1C. The molecule has 1 aliphatic rings. The monoisotopic (exact) mass is 358 g/mol. The maximum absolute atomic E-state index is 5.38. The number of rotatable bonds is 3. The van der Waals surface area contributed by atoms with E-state index in [1.54, 1.807) is 7.11 Å². The number of ether oxygens (including phenoxy) is 1. The Morgan fingerprint density at radius 1 is 1.22 bits per heavy atom. The summed E-state index contributed by atoms with van der Waals surface area (Å²) in [7, 11) is 1.70. The van der Waals surface area contributed by atoms with E-state index in [1.165, 1.54) is 27.3 Å². The van der Waals surface area contributed by atoms with Crippen molar-refractivity contribution in [2.24, 2.45) is 4.99 Å². The van der Waals surface area contributed by atoms with Gasteiger partial charge in [0.2, 0.25) is 0 Å². The molecule has 0 aliphatic carbocycles. The normalized spacial score (nSPS) is 14.6. The summed E-state index contributed by atoms with van der Waals surface area (Å²) in [5.74, 6) is 1.31. The molecule has 0 bridgehead atoms. The predicted molar refractivity (Wildman–Crippen MR) is 114 cm³/mol. The van der Waals surface area contributed by atoms with Gasteiger partial charge >= 0.3 is 0 Å². The van der Waals surface area contributed by atoms with E-state index in [1.807, 2.05) is 6.07 Å². The standard InChI is InChI=1S/C24H26N2O/c1-14(2)21-11-16(4)15(3)10-17(21)12-23-24-20(8-9-25-23)19-7-6-18(27-5)13-22(19)26-24/h6-7,10-14,26H,4,8-9H2,1-3,5H3/b17-12-. The van der Waals surface area contributed by atoms with Crippen molar-refractivity contribution in [3.05, 3.63) is 63.2 Å². The van der Waals surface area contributed by atoms with Gasteiger partial charge in [-0.3, -0.25) is 4.99 Å². The zero-order chi connectivity index (χ0) is 19.1. The first-order valence-electron chi connectivity index (χ1n) is 9.52. The van der Waals surface area contributed by atoms with E-state index in [-0.39, 0.29) is 0 Å². The summed E-state index contributed by atoms with van der Waals surface area (Å²) in [5.41, 5.74) is 7.16. The number of nitrogens with zero attached hydrogens (tertiary/aromatic N) is 1. The Labute approximate surface area is 160 Å². The van der Waals surface area contributed by atoms with Crippen molar-refractivity contribution >= 4 is 29.3 Å². The summed E-state index contributed by atoms with van der Waals surface area (Å²) in [4.78, 5) is 8.42. The molecule has 3 nitrogen and oxygen atoms in total. The highest BCUT2D eigenvalue weighted by Gasteiger charge is 2.19. The van der Waals surface area contributed by atoms with Crippen LogP contribution in [0.15, 0.2) is 35.3 Å². The van der Waals surface area contributed by atoms with Gasteiger partial charge in [0.15, 0.2) is 0 Å². The summed E-state index contributed by atoms with van der Waals surface area (Å²) >= 11 is 0. The Morgan fingerprint density at radius 3 is 2.78 bits per heavy atom. The maximum atomic E-state index is 5.38. The molecule has 0 atom stereocenters. The van der Waals surface area contributed by atoms with Gasteiger partial charge in [0.1, 0.15) is 5.75 Å². The van der Waals surface area contributed by atoms with E-state index >= 15 is 0 Å². The first-order chi connectivity index (χ1) is 13.0. The van der Waals surface area contributed by atoms with Crippen molar-refractivity contribution in [2.45, 2.75) is 33.1 Å². The highest BCUT2D eigenvalue weighted by atomic mass is 16.5. The van der Waals surface area contributed by atoms with Crippen LogP contribution in [0.3, 0.4) is 0 Å². The minimum Gasteiger partial charge on any atom is -0.497 e. The van der Waals surface area contributed by atoms with Gasteiger partial charge in [-0.05, 0) is 64.6 Å². The van der Waals surface area contributed by atoms with Crippen LogP contribution in [-0.2, 0) is 6.42 Å². The highest BCUT2D eigenvalue weighted by Crippen LogP contribution is 2.29. The number of H-pyrrole nitrogens is 1. The molecule has 4 rings (SSSR count). The van der Waals surface area contributed by atoms with Gasteiger partial charge in [0.25, 0.3) is 0 Å². The van der Waals surface area contributed by atoms with Crippen molar-refractivity contribution in [2.75, 3.05) is 13.7 Å². The molecule has 1 aromatic heterocycles. The maximum Gasteiger partial charge on any atom is 0.120 e. The third-order valence-corrected chi connectivity index (χ3v) is 5.47. The fourth-order valence-corrected chi connectivity index (χ4v) is 3.89. The van der Waals surface area contributed by atoms with E-state index in [2.05, 4.69) is 62.7 Å². The van der Waals surface area contributed by atoms with Crippen LogP contribution in [-0.4, -0.2) is 24.4 Å². The Kier molecular flexibility index (Phi) is 4.39. The van der Waals surface area contributed by atoms with Gasteiger partial charge in [0, 0.05) is 23.5 Å². The van der Waals surface area contributed by atoms with E-state index in [0.717, 1.165) is 40.9 Å². The fraction of sp³-hybridized carbons (Fsp3) is 0.292. The number of aliphatic imine (C=N–C) groups is 1. The molecular formula is C24H26N2O. The number of benzene rings is 2. The molecule has 2 heterocycles. The number of aromatic amines is 1. The molecule has 3 aromatic rings.